The molecule has 0 fully saturated rings. The van der Waals surface area contributed by atoms with Gasteiger partial charge in [-0.1, -0.05) is 18.2 Å². The highest BCUT2D eigenvalue weighted by molar-refractivity contribution is 7.12. The summed E-state index contributed by atoms with van der Waals surface area (Å²) in [4.78, 5) is 26.9. The number of amides is 1. The van der Waals surface area contributed by atoms with E-state index in [2.05, 4.69) is 5.32 Å². The molecule has 5 nitrogen and oxygen atoms in total. The Balaban J connectivity index is 1.71. The van der Waals surface area contributed by atoms with Crippen molar-refractivity contribution < 1.29 is 19.1 Å². The molecule has 1 amide bonds. The van der Waals surface area contributed by atoms with Crippen LogP contribution in [0, 0.1) is 0 Å². The van der Waals surface area contributed by atoms with Crippen LogP contribution in [-0.2, 0) is 14.3 Å². The third-order valence-electron chi connectivity index (χ3n) is 3.83. The van der Waals surface area contributed by atoms with Crippen molar-refractivity contribution in [2.45, 2.75) is 13.0 Å². The van der Waals surface area contributed by atoms with Gasteiger partial charge in [-0.15, -0.1) is 22.7 Å². The summed E-state index contributed by atoms with van der Waals surface area (Å²) in [6.45, 7) is 1.55. The molecular weight excluding hydrogens is 394 g/mol. The average molecular weight is 414 g/mol. The van der Waals surface area contributed by atoms with E-state index in [9.17, 15) is 9.59 Å². The SMILES string of the molecule is COc1cccc(NC(=O)[C@H](C)OC(=O)/C(=C/c2cccs2)c2cccs2)c1. The van der Waals surface area contributed by atoms with E-state index >= 15 is 0 Å². The first-order chi connectivity index (χ1) is 13.6. The van der Waals surface area contributed by atoms with E-state index in [0.717, 1.165) is 9.75 Å². The molecule has 0 bridgehead atoms. The minimum absolute atomic E-state index is 0.414. The quantitative estimate of drug-likeness (QED) is 0.441. The maximum atomic E-state index is 12.8. The van der Waals surface area contributed by atoms with Gasteiger partial charge in [-0.05, 0) is 48.0 Å². The summed E-state index contributed by atoms with van der Waals surface area (Å²) < 4.78 is 10.6. The Morgan fingerprint density at radius 1 is 1.07 bits per heavy atom. The number of hydrogen-bond acceptors (Lipinski definition) is 6. The molecule has 1 aromatic carbocycles. The van der Waals surface area contributed by atoms with Gasteiger partial charge in [-0.2, -0.15) is 0 Å². The normalized spacial score (nSPS) is 12.3. The van der Waals surface area contributed by atoms with E-state index in [0.29, 0.717) is 17.0 Å². The molecule has 0 radical (unpaired) electrons. The van der Waals surface area contributed by atoms with Gasteiger partial charge < -0.3 is 14.8 Å². The number of anilines is 1. The monoisotopic (exact) mass is 413 g/mol. The van der Waals surface area contributed by atoms with E-state index in [1.165, 1.54) is 22.7 Å². The topological polar surface area (TPSA) is 64.6 Å². The highest BCUT2D eigenvalue weighted by atomic mass is 32.1. The Morgan fingerprint density at radius 2 is 1.86 bits per heavy atom. The van der Waals surface area contributed by atoms with Crippen LogP contribution in [0.4, 0.5) is 5.69 Å². The number of methoxy groups -OCH3 is 1. The zero-order valence-corrected chi connectivity index (χ0v) is 17.0. The van der Waals surface area contributed by atoms with E-state index < -0.39 is 18.0 Å². The van der Waals surface area contributed by atoms with Crippen LogP contribution in [0.2, 0.25) is 0 Å². The van der Waals surface area contributed by atoms with Crippen LogP contribution in [0.5, 0.6) is 5.75 Å². The molecule has 1 atom stereocenters. The molecule has 0 saturated heterocycles. The molecule has 2 heterocycles. The van der Waals surface area contributed by atoms with E-state index in [1.54, 1.807) is 44.4 Å². The number of carbonyl (C=O) groups is 2. The number of ether oxygens (including phenoxy) is 2. The second-order valence-corrected chi connectivity index (χ2v) is 7.75. The molecule has 0 aliphatic heterocycles. The Hall–Kier alpha value is -2.90. The van der Waals surface area contributed by atoms with Crippen molar-refractivity contribution in [3.8, 4) is 5.75 Å². The van der Waals surface area contributed by atoms with Crippen molar-refractivity contribution >= 4 is 51.9 Å². The Kier molecular flexibility index (Phi) is 6.62. The first-order valence-electron chi connectivity index (χ1n) is 8.52. The first-order valence-corrected chi connectivity index (χ1v) is 10.3. The van der Waals surface area contributed by atoms with Crippen molar-refractivity contribution in [3.63, 3.8) is 0 Å². The molecular formula is C21H19NO4S2. The zero-order chi connectivity index (χ0) is 19.9. The number of nitrogens with one attached hydrogen (secondary N) is 1. The lowest BCUT2D eigenvalue weighted by Gasteiger charge is -2.15. The lowest BCUT2D eigenvalue weighted by molar-refractivity contribution is -0.147. The van der Waals surface area contributed by atoms with Crippen molar-refractivity contribution in [2.75, 3.05) is 12.4 Å². The van der Waals surface area contributed by atoms with E-state index in [1.807, 2.05) is 35.0 Å². The van der Waals surface area contributed by atoms with Crippen LogP contribution in [0.3, 0.4) is 0 Å². The highest BCUT2D eigenvalue weighted by Crippen LogP contribution is 2.26. The summed E-state index contributed by atoms with van der Waals surface area (Å²) in [6.07, 6.45) is 0.830. The summed E-state index contributed by atoms with van der Waals surface area (Å²) in [7, 11) is 1.55. The van der Waals surface area contributed by atoms with Crippen molar-refractivity contribution in [3.05, 3.63) is 69.0 Å². The summed E-state index contributed by atoms with van der Waals surface area (Å²) in [6, 6.07) is 14.5. The number of benzene rings is 1. The predicted molar refractivity (Wildman–Crippen MR) is 114 cm³/mol. The lowest BCUT2D eigenvalue weighted by Crippen LogP contribution is -2.30. The number of carbonyl (C=O) groups excluding carboxylic acids is 2. The molecule has 3 rings (SSSR count). The van der Waals surface area contributed by atoms with E-state index in [4.69, 9.17) is 9.47 Å². The highest BCUT2D eigenvalue weighted by Gasteiger charge is 2.22. The lowest BCUT2D eigenvalue weighted by atomic mass is 10.2. The van der Waals surface area contributed by atoms with E-state index in [-0.39, 0.29) is 0 Å². The maximum Gasteiger partial charge on any atom is 0.340 e. The van der Waals surface area contributed by atoms with Crippen LogP contribution in [0.1, 0.15) is 16.7 Å². The summed E-state index contributed by atoms with van der Waals surface area (Å²) >= 11 is 2.97. The van der Waals surface area contributed by atoms with Gasteiger partial charge in [-0.3, -0.25) is 4.79 Å². The van der Waals surface area contributed by atoms with Crippen LogP contribution in [-0.4, -0.2) is 25.1 Å². The third-order valence-corrected chi connectivity index (χ3v) is 5.55. The molecule has 144 valence electrons. The predicted octanol–water partition coefficient (Wildman–Crippen LogP) is 4.93. The van der Waals surface area contributed by atoms with Gasteiger partial charge in [0.1, 0.15) is 5.75 Å². The van der Waals surface area contributed by atoms with Gasteiger partial charge in [0, 0.05) is 21.5 Å². The average Bonchev–Trinajstić information content (AvgIpc) is 3.40. The Bertz CT molecular complexity index is 962. The Morgan fingerprint density at radius 3 is 2.54 bits per heavy atom. The van der Waals surface area contributed by atoms with Gasteiger partial charge in [0.05, 0.1) is 12.7 Å². The second-order valence-electron chi connectivity index (χ2n) is 5.82. The van der Waals surface area contributed by atoms with Gasteiger partial charge in [0.15, 0.2) is 6.10 Å². The molecule has 0 spiro atoms. The summed E-state index contributed by atoms with van der Waals surface area (Å²) in [5.41, 5.74) is 0.998. The fourth-order valence-electron chi connectivity index (χ4n) is 2.40. The first kappa shape index (κ1) is 19.9. The number of rotatable bonds is 7. The summed E-state index contributed by atoms with van der Waals surface area (Å²) in [5.74, 6) is -0.325. The molecule has 0 unspecified atom stereocenters. The van der Waals surface area contributed by atoms with Gasteiger partial charge in [0.25, 0.3) is 5.91 Å². The fraction of sp³-hybridized carbons (Fsp3) is 0.143. The molecule has 0 aliphatic rings. The van der Waals surface area contributed by atoms with Crippen LogP contribution in [0.15, 0.2) is 59.3 Å². The molecule has 3 aromatic rings. The minimum atomic E-state index is -0.953. The van der Waals surface area contributed by atoms with Crippen molar-refractivity contribution in [1.82, 2.24) is 0 Å². The van der Waals surface area contributed by atoms with Crippen molar-refractivity contribution in [1.29, 1.82) is 0 Å². The molecule has 0 saturated carbocycles. The van der Waals surface area contributed by atoms with Crippen molar-refractivity contribution in [2.24, 2.45) is 0 Å². The van der Waals surface area contributed by atoms with Gasteiger partial charge in [-0.25, -0.2) is 4.79 Å². The van der Waals surface area contributed by atoms with Crippen LogP contribution in [0.25, 0.3) is 11.6 Å². The maximum absolute atomic E-state index is 12.8. The largest absolute Gasteiger partial charge is 0.497 e. The summed E-state index contributed by atoms with van der Waals surface area (Å²) in [5, 5.41) is 6.56. The zero-order valence-electron chi connectivity index (χ0n) is 15.4. The van der Waals surface area contributed by atoms with Gasteiger partial charge >= 0.3 is 5.97 Å². The minimum Gasteiger partial charge on any atom is -0.497 e. The standard InChI is InChI=1S/C21H19NO4S2/c1-14(20(23)22-15-6-3-7-16(12-15)25-2)26-21(24)18(19-9-5-11-28-19)13-17-8-4-10-27-17/h3-14H,1-2H3,(H,22,23)/b18-13+/t14-/m0/s1. The number of hydrogen-bond donors (Lipinski definition) is 1. The number of esters is 1. The Labute approximate surface area is 171 Å². The molecule has 28 heavy (non-hydrogen) atoms. The second kappa shape index (κ2) is 9.34. The smallest absolute Gasteiger partial charge is 0.340 e. The van der Waals surface area contributed by atoms with Gasteiger partial charge in [0.2, 0.25) is 0 Å². The van der Waals surface area contributed by atoms with Crippen LogP contribution >= 0.6 is 22.7 Å². The van der Waals surface area contributed by atoms with Crippen LogP contribution < -0.4 is 10.1 Å². The fourth-order valence-corrected chi connectivity index (χ4v) is 3.79. The molecule has 0 aliphatic carbocycles. The molecule has 2 aromatic heterocycles. The third kappa shape index (κ3) is 5.09. The molecule has 7 heteroatoms. The number of thiophene rings is 2. The molecule has 1 N–H and O–H groups in total.